The molecule has 0 amide bonds. The van der Waals surface area contributed by atoms with Crippen LogP contribution in [0.2, 0.25) is 0 Å². The Kier molecular flexibility index (Phi) is 3.45. The Morgan fingerprint density at radius 3 is 3.24 bits per heavy atom. The van der Waals surface area contributed by atoms with E-state index in [4.69, 9.17) is 0 Å². The van der Waals surface area contributed by atoms with E-state index in [-0.39, 0.29) is 0 Å². The molecule has 0 aliphatic carbocycles. The van der Waals surface area contributed by atoms with Crippen LogP contribution in [0.25, 0.3) is 0 Å². The summed E-state index contributed by atoms with van der Waals surface area (Å²) in [6, 6.07) is 1.53. The lowest BCUT2D eigenvalue weighted by Crippen LogP contribution is -2.38. The monoisotopic (exact) mass is 251 g/mol. The molecule has 2 fully saturated rings. The van der Waals surface area contributed by atoms with Crippen molar-refractivity contribution in [3.05, 3.63) is 16.1 Å². The number of hydrogen-bond acceptors (Lipinski definition) is 4. The van der Waals surface area contributed by atoms with Gasteiger partial charge in [-0.1, -0.05) is 6.92 Å². The molecule has 2 aliphatic heterocycles. The Labute approximate surface area is 107 Å². The van der Waals surface area contributed by atoms with Gasteiger partial charge in [0, 0.05) is 36.2 Å². The summed E-state index contributed by atoms with van der Waals surface area (Å²) in [5, 5.41) is 5.00. The minimum atomic E-state index is 0.713. The first-order valence-corrected chi connectivity index (χ1v) is 7.59. The maximum atomic E-state index is 4.41. The number of aromatic nitrogens is 1. The average Bonchev–Trinajstić information content (AvgIpc) is 3.03. The largest absolute Gasteiger partial charge is 0.307 e. The average molecular weight is 251 g/mol. The Bertz CT molecular complexity index is 376. The highest BCUT2D eigenvalue weighted by molar-refractivity contribution is 7.11. The van der Waals surface area contributed by atoms with Gasteiger partial charge >= 0.3 is 0 Å². The molecule has 3 nitrogen and oxygen atoms in total. The summed E-state index contributed by atoms with van der Waals surface area (Å²) in [7, 11) is 0. The van der Waals surface area contributed by atoms with Gasteiger partial charge in [0.2, 0.25) is 0 Å². The molecule has 0 saturated carbocycles. The lowest BCUT2D eigenvalue weighted by molar-refractivity contribution is 0.299. The second kappa shape index (κ2) is 5.04. The molecule has 2 aliphatic rings. The highest BCUT2D eigenvalue weighted by Crippen LogP contribution is 2.28. The van der Waals surface area contributed by atoms with Crippen LogP contribution in [0.15, 0.2) is 6.20 Å². The summed E-state index contributed by atoms with van der Waals surface area (Å²) < 4.78 is 0. The van der Waals surface area contributed by atoms with E-state index in [0.717, 1.165) is 19.0 Å². The minimum absolute atomic E-state index is 0.713. The molecular formula is C13H21N3S. The number of rotatable bonds is 4. The Morgan fingerprint density at radius 1 is 1.47 bits per heavy atom. The molecule has 2 atom stereocenters. The van der Waals surface area contributed by atoms with Crippen LogP contribution >= 0.6 is 11.3 Å². The predicted molar refractivity (Wildman–Crippen MR) is 71.3 cm³/mol. The SMILES string of the molecule is CCc1ncc(CNC2CCN3CCCC23)s1. The molecule has 94 valence electrons. The fraction of sp³-hybridized carbons (Fsp3) is 0.769. The van der Waals surface area contributed by atoms with Crippen LogP contribution in [-0.2, 0) is 13.0 Å². The maximum absolute atomic E-state index is 4.41. The predicted octanol–water partition coefficient (Wildman–Crippen LogP) is 2.03. The van der Waals surface area contributed by atoms with E-state index in [1.807, 2.05) is 17.5 Å². The summed E-state index contributed by atoms with van der Waals surface area (Å²) in [6.45, 7) is 5.80. The maximum Gasteiger partial charge on any atom is 0.0925 e. The van der Waals surface area contributed by atoms with E-state index in [2.05, 4.69) is 22.1 Å². The van der Waals surface area contributed by atoms with Crippen molar-refractivity contribution in [1.82, 2.24) is 15.2 Å². The summed E-state index contributed by atoms with van der Waals surface area (Å²) >= 11 is 1.85. The molecule has 1 N–H and O–H groups in total. The molecular weight excluding hydrogens is 230 g/mol. The fourth-order valence-electron chi connectivity index (χ4n) is 3.15. The second-order valence-electron chi connectivity index (χ2n) is 5.10. The molecule has 3 rings (SSSR count). The first-order chi connectivity index (χ1) is 8.36. The quantitative estimate of drug-likeness (QED) is 0.887. The van der Waals surface area contributed by atoms with Gasteiger partial charge in [-0.15, -0.1) is 11.3 Å². The highest BCUT2D eigenvalue weighted by atomic mass is 32.1. The van der Waals surface area contributed by atoms with Crippen LogP contribution < -0.4 is 5.32 Å². The minimum Gasteiger partial charge on any atom is -0.307 e. The first kappa shape index (κ1) is 11.6. The Balaban J connectivity index is 1.54. The first-order valence-electron chi connectivity index (χ1n) is 6.78. The van der Waals surface area contributed by atoms with Crippen LogP contribution in [0.3, 0.4) is 0 Å². The zero-order chi connectivity index (χ0) is 11.7. The van der Waals surface area contributed by atoms with Crippen molar-refractivity contribution in [1.29, 1.82) is 0 Å². The molecule has 4 heteroatoms. The second-order valence-corrected chi connectivity index (χ2v) is 6.30. The molecule has 17 heavy (non-hydrogen) atoms. The molecule has 0 radical (unpaired) electrons. The molecule has 0 aromatic carbocycles. The standard InChI is InChI=1S/C13H21N3S/c1-2-13-15-9-10(17-13)8-14-11-5-7-16-6-3-4-12(11)16/h9,11-12,14H,2-8H2,1H3. The lowest BCUT2D eigenvalue weighted by Gasteiger charge is -2.20. The van der Waals surface area contributed by atoms with Gasteiger partial charge in [-0.2, -0.15) is 0 Å². The van der Waals surface area contributed by atoms with E-state index in [0.29, 0.717) is 6.04 Å². The smallest absolute Gasteiger partial charge is 0.0925 e. The van der Waals surface area contributed by atoms with Gasteiger partial charge in [-0.25, -0.2) is 4.98 Å². The molecule has 0 spiro atoms. The Hall–Kier alpha value is -0.450. The van der Waals surface area contributed by atoms with Crippen molar-refractivity contribution < 1.29 is 0 Å². The number of thiazole rings is 1. The van der Waals surface area contributed by atoms with Crippen LogP contribution in [-0.4, -0.2) is 35.1 Å². The zero-order valence-electron chi connectivity index (χ0n) is 10.5. The summed E-state index contributed by atoms with van der Waals surface area (Å²) in [4.78, 5) is 8.46. The third-order valence-corrected chi connectivity index (χ3v) is 5.19. The van der Waals surface area contributed by atoms with E-state index in [9.17, 15) is 0 Å². The number of aryl methyl sites for hydroxylation is 1. The number of fused-ring (bicyclic) bond motifs is 1. The van der Waals surface area contributed by atoms with Crippen molar-refractivity contribution in [3.63, 3.8) is 0 Å². The molecule has 2 saturated heterocycles. The summed E-state index contributed by atoms with van der Waals surface area (Å²) in [5.74, 6) is 0. The molecule has 3 heterocycles. The van der Waals surface area contributed by atoms with Crippen molar-refractivity contribution in [2.45, 2.75) is 51.2 Å². The van der Waals surface area contributed by atoms with Crippen molar-refractivity contribution in [2.75, 3.05) is 13.1 Å². The Morgan fingerprint density at radius 2 is 2.41 bits per heavy atom. The molecule has 1 aromatic heterocycles. The van der Waals surface area contributed by atoms with Gasteiger partial charge in [-0.3, -0.25) is 4.90 Å². The van der Waals surface area contributed by atoms with E-state index in [1.165, 1.54) is 42.2 Å². The van der Waals surface area contributed by atoms with Crippen LogP contribution in [0.1, 0.15) is 36.1 Å². The van der Waals surface area contributed by atoms with Crippen LogP contribution in [0.4, 0.5) is 0 Å². The van der Waals surface area contributed by atoms with Gasteiger partial charge < -0.3 is 5.32 Å². The van der Waals surface area contributed by atoms with Crippen LogP contribution in [0.5, 0.6) is 0 Å². The highest BCUT2D eigenvalue weighted by Gasteiger charge is 2.36. The molecule has 0 bridgehead atoms. The van der Waals surface area contributed by atoms with Crippen molar-refractivity contribution in [3.8, 4) is 0 Å². The van der Waals surface area contributed by atoms with Gasteiger partial charge in [0.1, 0.15) is 0 Å². The van der Waals surface area contributed by atoms with Crippen LogP contribution in [0, 0.1) is 0 Å². The third kappa shape index (κ3) is 2.39. The van der Waals surface area contributed by atoms with Gasteiger partial charge in [0.25, 0.3) is 0 Å². The zero-order valence-corrected chi connectivity index (χ0v) is 11.3. The van der Waals surface area contributed by atoms with Crippen molar-refractivity contribution >= 4 is 11.3 Å². The lowest BCUT2D eigenvalue weighted by atomic mass is 10.1. The fourth-order valence-corrected chi connectivity index (χ4v) is 3.96. The summed E-state index contributed by atoms with van der Waals surface area (Å²) in [6.07, 6.45) is 7.20. The topological polar surface area (TPSA) is 28.2 Å². The van der Waals surface area contributed by atoms with E-state index >= 15 is 0 Å². The third-order valence-electron chi connectivity index (χ3n) is 4.05. The molecule has 2 unspecified atom stereocenters. The number of nitrogens with zero attached hydrogens (tertiary/aromatic N) is 2. The molecule has 1 aromatic rings. The van der Waals surface area contributed by atoms with Gasteiger partial charge in [0.15, 0.2) is 0 Å². The number of hydrogen-bond donors (Lipinski definition) is 1. The van der Waals surface area contributed by atoms with Gasteiger partial charge in [-0.05, 0) is 32.2 Å². The summed E-state index contributed by atoms with van der Waals surface area (Å²) in [5.41, 5.74) is 0. The van der Waals surface area contributed by atoms with Gasteiger partial charge in [0.05, 0.1) is 5.01 Å². The van der Waals surface area contributed by atoms with Crippen molar-refractivity contribution in [2.24, 2.45) is 0 Å². The van der Waals surface area contributed by atoms with E-state index < -0.39 is 0 Å². The number of nitrogens with one attached hydrogen (secondary N) is 1. The van der Waals surface area contributed by atoms with E-state index in [1.54, 1.807) is 0 Å². The normalized spacial score (nSPS) is 28.8.